The van der Waals surface area contributed by atoms with Gasteiger partial charge in [0.05, 0.1) is 0 Å². The van der Waals surface area contributed by atoms with Crippen LogP contribution >= 0.6 is 35.3 Å². The second-order valence-corrected chi connectivity index (χ2v) is 8.97. The molecular formula is C21H12F3N3S3. The van der Waals surface area contributed by atoms with Gasteiger partial charge < -0.3 is 0 Å². The molecule has 0 atom stereocenters. The third-order valence-electron chi connectivity index (χ3n) is 3.64. The van der Waals surface area contributed by atoms with Gasteiger partial charge in [0.25, 0.3) is 0 Å². The number of rotatable bonds is 6. The van der Waals surface area contributed by atoms with Crippen molar-refractivity contribution in [1.82, 2.24) is 15.0 Å². The fourth-order valence-electron chi connectivity index (χ4n) is 2.28. The normalized spacial score (nSPS) is 10.9. The van der Waals surface area contributed by atoms with Crippen molar-refractivity contribution in [2.45, 2.75) is 30.2 Å². The van der Waals surface area contributed by atoms with Gasteiger partial charge in [0.1, 0.15) is 17.5 Å². The maximum atomic E-state index is 13.2. The molecule has 1 aromatic heterocycles. The fraction of sp³-hybridized carbons (Fsp3) is 0. The van der Waals surface area contributed by atoms with Crippen LogP contribution in [0.3, 0.4) is 0 Å². The van der Waals surface area contributed by atoms with E-state index in [9.17, 15) is 13.2 Å². The van der Waals surface area contributed by atoms with Crippen LogP contribution in [0, 0.1) is 17.5 Å². The first-order chi connectivity index (χ1) is 14.5. The zero-order chi connectivity index (χ0) is 20.9. The van der Waals surface area contributed by atoms with Crippen LogP contribution in [0.1, 0.15) is 0 Å². The van der Waals surface area contributed by atoms with Gasteiger partial charge in [-0.1, -0.05) is 0 Å². The molecule has 0 aliphatic carbocycles. The van der Waals surface area contributed by atoms with Crippen molar-refractivity contribution < 1.29 is 13.2 Å². The molecule has 0 radical (unpaired) electrons. The summed E-state index contributed by atoms with van der Waals surface area (Å²) in [5.74, 6) is -0.972. The molecule has 4 aromatic rings. The Kier molecular flexibility index (Phi) is 6.61. The highest BCUT2D eigenvalue weighted by Gasteiger charge is 2.12. The average Bonchev–Trinajstić information content (AvgIpc) is 2.73. The largest absolute Gasteiger partial charge is 0.207 e. The first-order valence-corrected chi connectivity index (χ1v) is 11.0. The van der Waals surface area contributed by atoms with Crippen molar-refractivity contribution in [3.05, 3.63) is 90.2 Å². The Labute approximate surface area is 183 Å². The first kappa shape index (κ1) is 20.8. The van der Waals surface area contributed by atoms with Crippen LogP contribution in [-0.2, 0) is 0 Å². The molecule has 0 fully saturated rings. The van der Waals surface area contributed by atoms with Crippen LogP contribution in [0.2, 0.25) is 0 Å². The maximum absolute atomic E-state index is 13.2. The molecule has 3 aromatic carbocycles. The van der Waals surface area contributed by atoms with Crippen molar-refractivity contribution in [2.24, 2.45) is 0 Å². The summed E-state index contributed by atoms with van der Waals surface area (Å²) in [6, 6.07) is 18.1. The van der Waals surface area contributed by atoms with Gasteiger partial charge in [0.2, 0.25) is 0 Å². The number of hydrogen-bond donors (Lipinski definition) is 0. The van der Waals surface area contributed by atoms with Crippen LogP contribution in [0.4, 0.5) is 13.2 Å². The summed E-state index contributed by atoms with van der Waals surface area (Å²) in [7, 11) is 0. The minimum Gasteiger partial charge on any atom is -0.207 e. The Bertz CT molecular complexity index is 980. The molecule has 0 aliphatic rings. The Balaban J connectivity index is 1.64. The molecule has 0 amide bonds. The molecule has 0 aliphatic heterocycles. The highest BCUT2D eigenvalue weighted by molar-refractivity contribution is 8.00. The van der Waals surface area contributed by atoms with Crippen LogP contribution in [0.15, 0.2) is 103 Å². The summed E-state index contributed by atoms with van der Waals surface area (Å²) in [6.07, 6.45) is 0. The summed E-state index contributed by atoms with van der Waals surface area (Å²) in [6.45, 7) is 0. The topological polar surface area (TPSA) is 38.7 Å². The molecule has 0 saturated heterocycles. The van der Waals surface area contributed by atoms with Gasteiger partial charge in [-0.3, -0.25) is 0 Å². The summed E-state index contributed by atoms with van der Waals surface area (Å²) >= 11 is 3.83. The lowest BCUT2D eigenvalue weighted by atomic mass is 10.4. The van der Waals surface area contributed by atoms with Gasteiger partial charge >= 0.3 is 0 Å². The number of nitrogens with zero attached hydrogens (tertiary/aromatic N) is 3. The lowest BCUT2D eigenvalue weighted by Gasteiger charge is -2.07. The van der Waals surface area contributed by atoms with Gasteiger partial charge in [0.15, 0.2) is 15.5 Å². The number of halogens is 3. The van der Waals surface area contributed by atoms with Gasteiger partial charge in [0, 0.05) is 14.7 Å². The van der Waals surface area contributed by atoms with E-state index < -0.39 is 0 Å². The Hall–Kier alpha value is -2.49. The Morgan fingerprint density at radius 2 is 0.633 bits per heavy atom. The standard InChI is InChI=1S/C21H12F3N3S3/c22-13-1-7-16(8-2-13)28-19-25-20(29-17-9-3-14(23)4-10-17)27-21(26-19)30-18-11-5-15(24)6-12-18/h1-12H. The predicted octanol–water partition coefficient (Wildman–Crippen LogP) is 6.74. The van der Waals surface area contributed by atoms with Crippen molar-refractivity contribution in [3.63, 3.8) is 0 Å². The molecule has 150 valence electrons. The number of aromatic nitrogens is 3. The van der Waals surface area contributed by atoms with E-state index in [1.54, 1.807) is 36.4 Å². The van der Waals surface area contributed by atoms with Gasteiger partial charge in [-0.05, 0) is 108 Å². The smallest absolute Gasteiger partial charge is 0.197 e. The van der Waals surface area contributed by atoms with Crippen LogP contribution < -0.4 is 0 Å². The van der Waals surface area contributed by atoms with E-state index in [0.29, 0.717) is 15.5 Å². The van der Waals surface area contributed by atoms with Crippen molar-refractivity contribution >= 4 is 35.3 Å². The van der Waals surface area contributed by atoms with E-state index >= 15 is 0 Å². The van der Waals surface area contributed by atoms with E-state index in [1.165, 1.54) is 71.7 Å². The first-order valence-electron chi connectivity index (χ1n) is 8.60. The summed E-state index contributed by atoms with van der Waals surface area (Å²) < 4.78 is 39.6. The molecule has 0 saturated carbocycles. The van der Waals surface area contributed by atoms with Crippen molar-refractivity contribution in [3.8, 4) is 0 Å². The molecule has 0 spiro atoms. The zero-order valence-electron chi connectivity index (χ0n) is 15.1. The molecule has 3 nitrogen and oxygen atoms in total. The van der Waals surface area contributed by atoms with E-state index in [4.69, 9.17) is 0 Å². The summed E-state index contributed by atoms with van der Waals surface area (Å²) in [4.78, 5) is 15.7. The minimum atomic E-state index is -0.324. The molecule has 30 heavy (non-hydrogen) atoms. The zero-order valence-corrected chi connectivity index (χ0v) is 17.6. The monoisotopic (exact) mass is 459 g/mol. The Morgan fingerprint density at radius 1 is 0.400 bits per heavy atom. The quantitative estimate of drug-likeness (QED) is 0.318. The third kappa shape index (κ3) is 5.78. The molecule has 9 heteroatoms. The molecule has 0 unspecified atom stereocenters. The van der Waals surface area contributed by atoms with Gasteiger partial charge in [-0.2, -0.15) is 15.0 Å². The summed E-state index contributed by atoms with van der Waals surface area (Å²) in [5.41, 5.74) is 0. The van der Waals surface area contributed by atoms with Crippen LogP contribution in [-0.4, -0.2) is 15.0 Å². The SMILES string of the molecule is Fc1ccc(Sc2nc(Sc3ccc(F)cc3)nc(Sc3ccc(F)cc3)n2)cc1. The molecule has 1 heterocycles. The van der Waals surface area contributed by atoms with Crippen molar-refractivity contribution in [1.29, 1.82) is 0 Å². The van der Waals surface area contributed by atoms with Crippen LogP contribution in [0.25, 0.3) is 0 Å². The average molecular weight is 460 g/mol. The minimum absolute atomic E-state index is 0.324. The van der Waals surface area contributed by atoms with Gasteiger partial charge in [-0.15, -0.1) is 0 Å². The highest BCUT2D eigenvalue weighted by Crippen LogP contribution is 2.33. The van der Waals surface area contributed by atoms with E-state index in [-0.39, 0.29) is 17.5 Å². The Morgan fingerprint density at radius 3 is 0.867 bits per heavy atom. The second-order valence-electron chi connectivity index (χ2n) is 5.85. The van der Waals surface area contributed by atoms with Crippen molar-refractivity contribution in [2.75, 3.05) is 0 Å². The predicted molar refractivity (Wildman–Crippen MR) is 111 cm³/mol. The van der Waals surface area contributed by atoms with E-state index in [1.807, 2.05) is 0 Å². The summed E-state index contributed by atoms with van der Waals surface area (Å²) in [5, 5.41) is 1.31. The molecule has 4 rings (SSSR count). The lowest BCUT2D eigenvalue weighted by Crippen LogP contribution is -1.97. The highest BCUT2D eigenvalue weighted by atomic mass is 32.2. The number of benzene rings is 3. The molecular weight excluding hydrogens is 447 g/mol. The number of hydrogen-bond acceptors (Lipinski definition) is 6. The fourth-order valence-corrected chi connectivity index (χ4v) is 4.70. The van der Waals surface area contributed by atoms with E-state index in [0.717, 1.165) is 14.7 Å². The van der Waals surface area contributed by atoms with Crippen LogP contribution in [0.5, 0.6) is 0 Å². The molecule has 0 N–H and O–H groups in total. The maximum Gasteiger partial charge on any atom is 0.197 e. The van der Waals surface area contributed by atoms with Gasteiger partial charge in [-0.25, -0.2) is 13.2 Å². The molecule has 0 bridgehead atoms. The third-order valence-corrected chi connectivity index (χ3v) is 6.26. The van der Waals surface area contributed by atoms with E-state index in [2.05, 4.69) is 15.0 Å². The second kappa shape index (κ2) is 9.55. The lowest BCUT2D eigenvalue weighted by molar-refractivity contribution is 0.626.